The van der Waals surface area contributed by atoms with Crippen molar-refractivity contribution in [2.24, 2.45) is 0 Å². The number of benzene rings is 1. The highest BCUT2D eigenvalue weighted by Gasteiger charge is 2.22. The molecule has 0 aliphatic heterocycles. The Kier molecular flexibility index (Phi) is 4.86. The maximum Gasteiger partial charge on any atom is 0.139 e. The van der Waals surface area contributed by atoms with Crippen LogP contribution in [-0.4, -0.2) is 15.4 Å². The highest BCUT2D eigenvalue weighted by Crippen LogP contribution is 2.36. The fourth-order valence-corrected chi connectivity index (χ4v) is 4.14. The van der Waals surface area contributed by atoms with Crippen LogP contribution in [0.1, 0.15) is 44.7 Å². The van der Waals surface area contributed by atoms with E-state index in [1.165, 1.54) is 37.1 Å². The minimum absolute atomic E-state index is 0.335. The van der Waals surface area contributed by atoms with Gasteiger partial charge in [-0.05, 0) is 49.6 Å². The van der Waals surface area contributed by atoms with E-state index < -0.39 is 0 Å². The van der Waals surface area contributed by atoms with Gasteiger partial charge in [-0.3, -0.25) is 4.40 Å². The Morgan fingerprint density at radius 2 is 2.00 bits per heavy atom. The van der Waals surface area contributed by atoms with Crippen molar-refractivity contribution < 1.29 is 4.39 Å². The molecule has 0 amide bonds. The van der Waals surface area contributed by atoms with Gasteiger partial charge >= 0.3 is 0 Å². The first-order valence-electron chi connectivity index (χ1n) is 9.39. The number of halogens is 2. The minimum atomic E-state index is -0.335. The van der Waals surface area contributed by atoms with Crippen LogP contribution >= 0.6 is 11.6 Å². The van der Waals surface area contributed by atoms with E-state index in [1.54, 1.807) is 6.07 Å². The van der Waals surface area contributed by atoms with Crippen LogP contribution in [0.2, 0.25) is 5.02 Å². The van der Waals surface area contributed by atoms with Gasteiger partial charge in [0.25, 0.3) is 0 Å². The molecule has 1 saturated carbocycles. The average Bonchev–Trinajstić information content (AvgIpc) is 3.01. The molecule has 0 saturated heterocycles. The van der Waals surface area contributed by atoms with Crippen LogP contribution in [0, 0.1) is 5.82 Å². The molecule has 1 fully saturated rings. The van der Waals surface area contributed by atoms with Gasteiger partial charge in [0, 0.05) is 17.3 Å². The lowest BCUT2D eigenvalue weighted by Gasteiger charge is -2.24. The van der Waals surface area contributed by atoms with Gasteiger partial charge in [0.1, 0.15) is 23.0 Å². The molecule has 26 heavy (non-hydrogen) atoms. The standard InChI is InChI=1S/C21H23ClFN3/c1-2-16-9-6-10-19-25-20(17-12-11-14(23)13-18(17)22)21(26(16)19)24-15-7-4-3-5-8-15/h6,9-13,15,24H,2-5,7-8H2,1H3. The predicted octanol–water partition coefficient (Wildman–Crippen LogP) is 6.10. The number of imidazole rings is 1. The van der Waals surface area contributed by atoms with Crippen molar-refractivity contribution in [1.82, 2.24) is 9.38 Å². The van der Waals surface area contributed by atoms with Gasteiger partial charge in [-0.15, -0.1) is 0 Å². The number of fused-ring (bicyclic) bond motifs is 1. The second kappa shape index (κ2) is 7.28. The number of rotatable bonds is 4. The fourth-order valence-electron chi connectivity index (χ4n) is 3.88. The summed E-state index contributed by atoms with van der Waals surface area (Å²) < 4.78 is 15.7. The van der Waals surface area contributed by atoms with Crippen LogP contribution in [0.25, 0.3) is 16.9 Å². The highest BCUT2D eigenvalue weighted by atomic mass is 35.5. The van der Waals surface area contributed by atoms with Gasteiger partial charge in [-0.25, -0.2) is 9.37 Å². The monoisotopic (exact) mass is 371 g/mol. The number of hydrogen-bond donors (Lipinski definition) is 1. The van der Waals surface area contributed by atoms with Crippen molar-refractivity contribution in [1.29, 1.82) is 0 Å². The van der Waals surface area contributed by atoms with Crippen molar-refractivity contribution in [3.05, 3.63) is 52.9 Å². The molecule has 2 heterocycles. The molecule has 0 spiro atoms. The lowest BCUT2D eigenvalue weighted by atomic mass is 9.95. The lowest BCUT2D eigenvalue weighted by molar-refractivity contribution is 0.461. The first kappa shape index (κ1) is 17.3. The molecule has 0 atom stereocenters. The molecular weight excluding hydrogens is 349 g/mol. The largest absolute Gasteiger partial charge is 0.367 e. The smallest absolute Gasteiger partial charge is 0.139 e. The Balaban J connectivity index is 1.89. The summed E-state index contributed by atoms with van der Waals surface area (Å²) in [5.41, 5.74) is 3.63. The molecule has 5 heteroatoms. The number of aryl methyl sites for hydroxylation is 1. The number of nitrogens with zero attached hydrogens (tertiary/aromatic N) is 2. The summed E-state index contributed by atoms with van der Waals surface area (Å²) in [6.45, 7) is 2.14. The van der Waals surface area contributed by atoms with Crippen molar-refractivity contribution in [2.45, 2.75) is 51.5 Å². The van der Waals surface area contributed by atoms with Gasteiger partial charge in [0.2, 0.25) is 0 Å². The maximum atomic E-state index is 13.5. The number of pyridine rings is 1. The summed E-state index contributed by atoms with van der Waals surface area (Å²) >= 11 is 6.36. The topological polar surface area (TPSA) is 29.3 Å². The third kappa shape index (κ3) is 3.18. The van der Waals surface area contributed by atoms with Crippen LogP contribution in [0.15, 0.2) is 36.4 Å². The van der Waals surface area contributed by atoms with Crippen molar-refractivity contribution in [3.8, 4) is 11.3 Å². The summed E-state index contributed by atoms with van der Waals surface area (Å²) in [6, 6.07) is 11.1. The molecule has 0 bridgehead atoms. The molecule has 1 aliphatic carbocycles. The van der Waals surface area contributed by atoms with Crippen molar-refractivity contribution >= 4 is 23.1 Å². The Bertz CT molecular complexity index is 928. The number of anilines is 1. The first-order chi connectivity index (χ1) is 12.7. The molecule has 0 unspecified atom stereocenters. The Labute approximate surface area is 158 Å². The zero-order valence-electron chi connectivity index (χ0n) is 14.9. The van der Waals surface area contributed by atoms with Crippen LogP contribution in [-0.2, 0) is 6.42 Å². The van der Waals surface area contributed by atoms with Gasteiger partial charge in [0.15, 0.2) is 0 Å². The molecule has 0 radical (unpaired) electrons. The van der Waals surface area contributed by atoms with Crippen LogP contribution in [0.3, 0.4) is 0 Å². The average molecular weight is 372 g/mol. The van der Waals surface area contributed by atoms with E-state index in [4.69, 9.17) is 16.6 Å². The quantitative estimate of drug-likeness (QED) is 0.600. The van der Waals surface area contributed by atoms with Crippen LogP contribution < -0.4 is 5.32 Å². The van der Waals surface area contributed by atoms with E-state index in [0.29, 0.717) is 11.1 Å². The first-order valence-corrected chi connectivity index (χ1v) is 9.77. The molecule has 136 valence electrons. The molecule has 2 aromatic heterocycles. The lowest BCUT2D eigenvalue weighted by Crippen LogP contribution is -2.23. The molecule has 3 nitrogen and oxygen atoms in total. The fraction of sp³-hybridized carbons (Fsp3) is 0.381. The van der Waals surface area contributed by atoms with E-state index in [0.717, 1.165) is 42.0 Å². The summed E-state index contributed by atoms with van der Waals surface area (Å²) in [7, 11) is 0. The Hall–Kier alpha value is -2.07. The molecule has 3 aromatic rings. The molecule has 4 rings (SSSR count). The van der Waals surface area contributed by atoms with Crippen molar-refractivity contribution in [2.75, 3.05) is 5.32 Å². The summed E-state index contributed by atoms with van der Waals surface area (Å²) in [5.74, 6) is 0.636. The second-order valence-electron chi connectivity index (χ2n) is 6.98. The van der Waals surface area contributed by atoms with E-state index >= 15 is 0 Å². The number of hydrogen-bond acceptors (Lipinski definition) is 2. The Morgan fingerprint density at radius 1 is 1.19 bits per heavy atom. The zero-order chi connectivity index (χ0) is 18.1. The second-order valence-corrected chi connectivity index (χ2v) is 7.38. The predicted molar refractivity (Wildman–Crippen MR) is 105 cm³/mol. The SMILES string of the molecule is CCc1cccc2nc(-c3ccc(F)cc3Cl)c(NC3CCCCC3)n12. The minimum Gasteiger partial charge on any atom is -0.367 e. The maximum absolute atomic E-state index is 13.5. The summed E-state index contributed by atoms with van der Waals surface area (Å²) in [4.78, 5) is 4.84. The van der Waals surface area contributed by atoms with Gasteiger partial charge in [-0.1, -0.05) is 43.9 Å². The number of aromatic nitrogens is 2. The van der Waals surface area contributed by atoms with Gasteiger partial charge < -0.3 is 5.32 Å². The molecule has 1 N–H and O–H groups in total. The molecule has 1 aliphatic rings. The Morgan fingerprint density at radius 3 is 2.73 bits per heavy atom. The van der Waals surface area contributed by atoms with Gasteiger partial charge in [-0.2, -0.15) is 0 Å². The molecule has 1 aromatic carbocycles. The van der Waals surface area contributed by atoms with E-state index in [-0.39, 0.29) is 5.82 Å². The van der Waals surface area contributed by atoms with Gasteiger partial charge in [0.05, 0.1) is 5.02 Å². The molecular formula is C21H23ClFN3. The van der Waals surface area contributed by atoms with E-state index in [9.17, 15) is 4.39 Å². The third-order valence-electron chi connectivity index (χ3n) is 5.22. The van der Waals surface area contributed by atoms with E-state index in [1.807, 2.05) is 12.1 Å². The zero-order valence-corrected chi connectivity index (χ0v) is 15.7. The van der Waals surface area contributed by atoms with Crippen molar-refractivity contribution in [3.63, 3.8) is 0 Å². The summed E-state index contributed by atoms with van der Waals surface area (Å²) in [5, 5.41) is 4.12. The van der Waals surface area contributed by atoms with Crippen LogP contribution in [0.5, 0.6) is 0 Å². The third-order valence-corrected chi connectivity index (χ3v) is 5.53. The highest BCUT2D eigenvalue weighted by molar-refractivity contribution is 6.33. The van der Waals surface area contributed by atoms with E-state index in [2.05, 4.69) is 22.7 Å². The van der Waals surface area contributed by atoms with Crippen LogP contribution in [0.4, 0.5) is 10.2 Å². The summed E-state index contributed by atoms with van der Waals surface area (Å²) in [6.07, 6.45) is 7.05. The normalized spacial score (nSPS) is 15.5. The number of nitrogens with one attached hydrogen (secondary N) is 1.